The van der Waals surface area contributed by atoms with Gasteiger partial charge in [-0.1, -0.05) is 18.2 Å². The first-order valence-corrected chi connectivity index (χ1v) is 9.00. The minimum atomic E-state index is -0.416. The molecule has 0 spiro atoms. The molecule has 3 rings (SSSR count). The Morgan fingerprint density at radius 2 is 1.74 bits per heavy atom. The maximum absolute atomic E-state index is 13.1. The number of nitrogens with zero attached hydrogens (tertiary/aromatic N) is 2. The van der Waals surface area contributed by atoms with Crippen LogP contribution in [-0.2, 0) is 9.53 Å². The number of benzene rings is 1. The van der Waals surface area contributed by atoms with E-state index in [-0.39, 0.29) is 17.6 Å². The zero-order valence-electron chi connectivity index (χ0n) is 16.8. The topological polar surface area (TPSA) is 64.1 Å². The van der Waals surface area contributed by atoms with E-state index in [2.05, 4.69) is 40.0 Å². The molecule has 2 aromatic heterocycles. The van der Waals surface area contributed by atoms with Gasteiger partial charge in [-0.15, -0.1) is 12.8 Å². The van der Waals surface area contributed by atoms with Gasteiger partial charge in [-0.05, 0) is 60.9 Å². The summed E-state index contributed by atoms with van der Waals surface area (Å²) < 4.78 is 30.5. The summed E-state index contributed by atoms with van der Waals surface area (Å²) in [7, 11) is 1.75. The van der Waals surface area contributed by atoms with Crippen LogP contribution >= 0.6 is 0 Å². The molecule has 0 saturated carbocycles. The van der Waals surface area contributed by atoms with Crippen molar-refractivity contribution < 1.29 is 18.3 Å². The van der Waals surface area contributed by atoms with E-state index in [0.717, 1.165) is 5.56 Å². The van der Waals surface area contributed by atoms with Gasteiger partial charge in [-0.3, -0.25) is 4.79 Å². The maximum Gasteiger partial charge on any atom is 0.293 e. The molecule has 1 atom stereocenters. The Hall–Kier alpha value is -4.07. The molecule has 158 valence electrons. The van der Waals surface area contributed by atoms with Gasteiger partial charge in [0.15, 0.2) is 5.82 Å². The van der Waals surface area contributed by atoms with Gasteiger partial charge in [0, 0.05) is 18.9 Å². The Morgan fingerprint density at radius 3 is 2.32 bits per heavy atom. The molecule has 0 bridgehead atoms. The molecule has 0 amide bonds. The first-order valence-electron chi connectivity index (χ1n) is 9.00. The Morgan fingerprint density at radius 1 is 1.03 bits per heavy atom. The lowest BCUT2D eigenvalue weighted by Crippen LogP contribution is -2.19. The fourth-order valence-electron chi connectivity index (χ4n) is 2.21. The van der Waals surface area contributed by atoms with Gasteiger partial charge >= 0.3 is 0 Å². The van der Waals surface area contributed by atoms with Crippen LogP contribution in [0.4, 0.5) is 8.78 Å². The average Bonchev–Trinajstić information content (AvgIpc) is 2.81. The predicted molar refractivity (Wildman–Crippen MR) is 115 cm³/mol. The fourth-order valence-corrected chi connectivity index (χ4v) is 2.21. The van der Waals surface area contributed by atoms with Gasteiger partial charge in [0.1, 0.15) is 23.3 Å². The van der Waals surface area contributed by atoms with E-state index < -0.39 is 5.82 Å². The first kappa shape index (κ1) is 25.0. The molecule has 0 radical (unpaired) electrons. The average molecular weight is 421 g/mol. The zero-order valence-corrected chi connectivity index (χ0v) is 16.8. The lowest BCUT2D eigenvalue weighted by Gasteiger charge is -2.14. The largest absolute Gasteiger partial charge is 0.458 e. The number of halogens is 2. The van der Waals surface area contributed by atoms with Gasteiger partial charge in [0.05, 0.1) is 0 Å². The van der Waals surface area contributed by atoms with Crippen LogP contribution < -0.4 is 5.32 Å². The molecule has 0 fully saturated rings. The van der Waals surface area contributed by atoms with Crippen molar-refractivity contribution in [2.24, 2.45) is 0 Å². The number of aromatic nitrogens is 2. The Bertz CT molecular complexity index is 998. The number of likely N-dealkylation sites (N-methyl/N-ethyl adjacent to an activating group) is 1. The van der Waals surface area contributed by atoms with E-state index in [0.29, 0.717) is 18.7 Å². The summed E-state index contributed by atoms with van der Waals surface area (Å²) in [4.78, 5) is 18.0. The number of pyridine rings is 2. The van der Waals surface area contributed by atoms with E-state index in [1.165, 1.54) is 30.5 Å². The van der Waals surface area contributed by atoms with Gasteiger partial charge in [-0.25, -0.2) is 18.7 Å². The molecule has 0 aliphatic carbocycles. The third kappa shape index (κ3) is 9.31. The first-order chi connectivity index (χ1) is 15.1. The van der Waals surface area contributed by atoms with Crippen LogP contribution in [0.25, 0.3) is 0 Å². The van der Waals surface area contributed by atoms with Crippen LogP contribution in [0, 0.1) is 36.3 Å². The number of rotatable bonds is 5. The lowest BCUT2D eigenvalue weighted by molar-refractivity contribution is -0.133. The van der Waals surface area contributed by atoms with Gasteiger partial charge < -0.3 is 10.1 Å². The number of nitrogens with one attached hydrogen (secondary N) is 1. The molecule has 5 nitrogen and oxygen atoms in total. The van der Waals surface area contributed by atoms with E-state index in [4.69, 9.17) is 4.74 Å². The number of hydrogen-bond acceptors (Lipinski definition) is 5. The highest BCUT2D eigenvalue weighted by molar-refractivity contribution is 5.39. The molecule has 0 aliphatic rings. The van der Waals surface area contributed by atoms with Crippen molar-refractivity contribution in [3.8, 4) is 24.7 Å². The van der Waals surface area contributed by atoms with Gasteiger partial charge in [0.25, 0.3) is 6.47 Å². The maximum atomic E-state index is 13.1. The fraction of sp³-hybridized carbons (Fsp3) is 0.125. The van der Waals surface area contributed by atoms with Crippen molar-refractivity contribution in [3.05, 3.63) is 95.6 Å². The number of hydrogen-bond donors (Lipinski definition) is 1. The monoisotopic (exact) mass is 421 g/mol. The van der Waals surface area contributed by atoms with E-state index in [1.807, 2.05) is 6.07 Å². The smallest absolute Gasteiger partial charge is 0.293 e. The highest BCUT2D eigenvalue weighted by Gasteiger charge is 2.10. The summed E-state index contributed by atoms with van der Waals surface area (Å²) in [6, 6.07) is 14.1. The Labute approximate surface area is 180 Å². The molecule has 7 heteroatoms. The summed E-state index contributed by atoms with van der Waals surface area (Å²) in [6.07, 6.45) is 10.8. The zero-order chi connectivity index (χ0) is 22.9. The van der Waals surface area contributed by atoms with Crippen LogP contribution in [0.5, 0.6) is 0 Å². The second-order valence-electron chi connectivity index (χ2n) is 5.63. The Kier molecular flexibility index (Phi) is 12.0. The summed E-state index contributed by atoms with van der Waals surface area (Å²) in [6.45, 7) is 0.899. The van der Waals surface area contributed by atoms with Crippen molar-refractivity contribution >= 4 is 6.47 Å². The van der Waals surface area contributed by atoms with E-state index >= 15 is 0 Å². The number of carbonyl (C=O) groups is 1. The molecule has 2 heterocycles. The van der Waals surface area contributed by atoms with Crippen LogP contribution in [0.15, 0.2) is 67.0 Å². The lowest BCUT2D eigenvalue weighted by atomic mass is 10.1. The van der Waals surface area contributed by atoms with E-state index in [1.54, 1.807) is 37.5 Å². The quantitative estimate of drug-likeness (QED) is 0.505. The summed E-state index contributed by atoms with van der Waals surface area (Å²) in [5, 5.41) is 2.89. The van der Waals surface area contributed by atoms with Crippen molar-refractivity contribution in [2.45, 2.75) is 6.10 Å². The molecular weight excluding hydrogens is 400 g/mol. The second kappa shape index (κ2) is 14.9. The third-order valence-electron chi connectivity index (χ3n) is 3.58. The molecule has 1 N–H and O–H groups in total. The van der Waals surface area contributed by atoms with Crippen LogP contribution in [0.3, 0.4) is 0 Å². The molecule has 0 unspecified atom stereocenters. The van der Waals surface area contributed by atoms with E-state index in [9.17, 15) is 13.6 Å². The van der Waals surface area contributed by atoms with Crippen LogP contribution in [-0.4, -0.2) is 30.0 Å². The van der Waals surface area contributed by atoms with Crippen LogP contribution in [0.1, 0.15) is 23.1 Å². The van der Waals surface area contributed by atoms with Crippen molar-refractivity contribution in [1.82, 2.24) is 15.3 Å². The molecule has 1 aromatic carbocycles. The SMILES string of the molecule is C#C.CNC[C@@H](OC=O)c1ccc(F)cc1.Fc1cccnc1C#Cc1ccccn1. The van der Waals surface area contributed by atoms with Crippen molar-refractivity contribution in [3.63, 3.8) is 0 Å². The number of terminal acetylenes is 1. The predicted octanol–water partition coefficient (Wildman–Crippen LogP) is 3.52. The molecule has 3 aromatic rings. The standard InChI is InChI=1S/C12H7FN2.C10H12FNO2.C2H2/c13-11-5-3-9-15-12(11)7-6-10-4-1-2-8-14-10;1-12-6-10(14-7-13)8-2-4-9(11)5-3-8;1-2/h1-5,8-9H;2-5,7,10,12H,6H2,1H3;1-2H/t;10-;/m.1./s1. The molecule has 31 heavy (non-hydrogen) atoms. The minimum Gasteiger partial charge on any atom is -0.458 e. The summed E-state index contributed by atoms with van der Waals surface area (Å²) in [5.74, 6) is 4.65. The number of ether oxygens (including phenoxy) is 1. The third-order valence-corrected chi connectivity index (χ3v) is 3.58. The van der Waals surface area contributed by atoms with Crippen LogP contribution in [0.2, 0.25) is 0 Å². The van der Waals surface area contributed by atoms with Gasteiger partial charge in [-0.2, -0.15) is 0 Å². The molecule has 0 aliphatic heterocycles. The summed E-state index contributed by atoms with van der Waals surface area (Å²) >= 11 is 0. The molecule has 0 saturated heterocycles. The van der Waals surface area contributed by atoms with Crippen molar-refractivity contribution in [2.75, 3.05) is 13.6 Å². The van der Waals surface area contributed by atoms with Crippen molar-refractivity contribution in [1.29, 1.82) is 0 Å². The molecular formula is C24H21F2N3O2. The minimum absolute atomic E-state index is 0.142. The highest BCUT2D eigenvalue weighted by atomic mass is 19.1. The normalized spacial score (nSPS) is 9.97. The van der Waals surface area contributed by atoms with Gasteiger partial charge in [0.2, 0.25) is 0 Å². The highest BCUT2D eigenvalue weighted by Crippen LogP contribution is 2.15. The second-order valence-corrected chi connectivity index (χ2v) is 5.63. The summed E-state index contributed by atoms with van der Waals surface area (Å²) in [5.41, 5.74) is 1.51. The Balaban J connectivity index is 0.000000288. The number of carbonyl (C=O) groups excluding carboxylic acids is 1.